The molecule has 0 aliphatic heterocycles. The number of pyridine rings is 1. The fraction of sp³-hybridized carbons (Fsp3) is 0.500. The number of rotatable bonds is 11. The molecule has 0 saturated carbocycles. The lowest BCUT2D eigenvalue weighted by molar-refractivity contribution is -0.182. The number of aliphatic hydroxyl groups excluding tert-OH is 1. The van der Waals surface area contributed by atoms with Gasteiger partial charge in [-0.15, -0.1) is 0 Å². The summed E-state index contributed by atoms with van der Waals surface area (Å²) in [7, 11) is 0. The first-order valence-corrected chi connectivity index (χ1v) is 10.8. The fourth-order valence-electron chi connectivity index (χ4n) is 3.00. The van der Waals surface area contributed by atoms with Crippen LogP contribution in [0.15, 0.2) is 29.2 Å². The standard InChI is InChI=1S/C24H32N2O7/c1-5-26-16-19(22(28)29)21(27)18-15-17(8-9-20(18)26)7-6-11-31-13-14-32-12-10-25-23(30)33-24(2,3)4/h8-9,15-16,23,25,30H,5,10-14H2,1-4H3,(H,28,29). The third kappa shape index (κ3) is 8.61. The molecule has 1 aromatic heterocycles. The van der Waals surface area contributed by atoms with Crippen LogP contribution in [0.2, 0.25) is 0 Å². The van der Waals surface area contributed by atoms with E-state index in [2.05, 4.69) is 17.2 Å². The van der Waals surface area contributed by atoms with Crippen LogP contribution in [0, 0.1) is 11.8 Å². The van der Waals surface area contributed by atoms with E-state index in [0.29, 0.717) is 49.4 Å². The number of aromatic carboxylic acids is 1. The zero-order valence-corrected chi connectivity index (χ0v) is 19.5. The van der Waals surface area contributed by atoms with Gasteiger partial charge in [0.1, 0.15) is 12.2 Å². The summed E-state index contributed by atoms with van der Waals surface area (Å²) in [6.45, 7) is 9.73. The molecule has 0 aliphatic carbocycles. The van der Waals surface area contributed by atoms with Gasteiger partial charge in [-0.2, -0.15) is 0 Å². The lowest BCUT2D eigenvalue weighted by atomic mass is 10.1. The van der Waals surface area contributed by atoms with E-state index >= 15 is 0 Å². The molecule has 1 atom stereocenters. The zero-order valence-electron chi connectivity index (χ0n) is 19.5. The first-order chi connectivity index (χ1) is 15.6. The predicted octanol–water partition coefficient (Wildman–Crippen LogP) is 1.78. The molecular weight excluding hydrogens is 428 g/mol. The van der Waals surface area contributed by atoms with Crippen LogP contribution in [0.3, 0.4) is 0 Å². The fourth-order valence-corrected chi connectivity index (χ4v) is 3.00. The highest BCUT2D eigenvalue weighted by Gasteiger charge is 2.16. The van der Waals surface area contributed by atoms with Crippen molar-refractivity contribution >= 4 is 16.9 Å². The van der Waals surface area contributed by atoms with Gasteiger partial charge in [0, 0.05) is 30.2 Å². The molecule has 3 N–H and O–H groups in total. The normalized spacial score (nSPS) is 12.4. The highest BCUT2D eigenvalue weighted by Crippen LogP contribution is 2.14. The number of aryl methyl sites for hydroxylation is 1. The average Bonchev–Trinajstić information content (AvgIpc) is 2.74. The Kier molecular flexibility index (Phi) is 10.0. The number of benzene rings is 1. The van der Waals surface area contributed by atoms with Crippen LogP contribution in [0.25, 0.3) is 10.9 Å². The summed E-state index contributed by atoms with van der Waals surface area (Å²) in [4.78, 5) is 23.9. The smallest absolute Gasteiger partial charge is 0.341 e. The zero-order chi connectivity index (χ0) is 24.4. The lowest BCUT2D eigenvalue weighted by Crippen LogP contribution is -2.39. The van der Waals surface area contributed by atoms with E-state index in [4.69, 9.17) is 14.2 Å². The van der Waals surface area contributed by atoms with Crippen LogP contribution in [0.5, 0.6) is 0 Å². The number of ether oxygens (including phenoxy) is 3. The van der Waals surface area contributed by atoms with Crippen molar-refractivity contribution in [3.8, 4) is 11.8 Å². The molecule has 0 aliphatic rings. The molecule has 0 fully saturated rings. The summed E-state index contributed by atoms with van der Waals surface area (Å²) < 4.78 is 17.9. The van der Waals surface area contributed by atoms with E-state index < -0.39 is 23.4 Å². The number of aromatic nitrogens is 1. The Hall–Kier alpha value is -2.74. The first kappa shape index (κ1) is 26.5. The molecule has 180 valence electrons. The molecule has 0 spiro atoms. The predicted molar refractivity (Wildman–Crippen MR) is 124 cm³/mol. The molecule has 1 heterocycles. The molecule has 0 saturated heterocycles. The Morgan fingerprint density at radius 1 is 1.21 bits per heavy atom. The molecule has 2 aromatic rings. The van der Waals surface area contributed by atoms with Gasteiger partial charge in [-0.1, -0.05) is 11.8 Å². The number of hydrogen-bond donors (Lipinski definition) is 3. The summed E-state index contributed by atoms with van der Waals surface area (Å²) >= 11 is 0. The largest absolute Gasteiger partial charge is 0.477 e. The van der Waals surface area contributed by atoms with Crippen LogP contribution < -0.4 is 10.7 Å². The van der Waals surface area contributed by atoms with Gasteiger partial charge in [0.2, 0.25) is 11.8 Å². The molecule has 9 heteroatoms. The van der Waals surface area contributed by atoms with Gasteiger partial charge < -0.3 is 29.0 Å². The van der Waals surface area contributed by atoms with Crippen LogP contribution in [-0.4, -0.2) is 65.7 Å². The summed E-state index contributed by atoms with van der Waals surface area (Å²) in [6, 6.07) is 5.16. The Morgan fingerprint density at radius 2 is 1.94 bits per heavy atom. The average molecular weight is 461 g/mol. The van der Waals surface area contributed by atoms with Crippen molar-refractivity contribution in [3.05, 3.63) is 45.7 Å². The van der Waals surface area contributed by atoms with E-state index in [1.54, 1.807) is 22.8 Å². The maximum absolute atomic E-state index is 12.5. The Labute approximate surface area is 193 Å². The monoisotopic (exact) mass is 460 g/mol. The van der Waals surface area contributed by atoms with Crippen molar-refractivity contribution in [3.63, 3.8) is 0 Å². The first-order valence-electron chi connectivity index (χ1n) is 10.8. The highest BCUT2D eigenvalue weighted by atomic mass is 16.6. The number of nitrogens with one attached hydrogen (secondary N) is 1. The van der Waals surface area contributed by atoms with E-state index in [-0.39, 0.29) is 12.2 Å². The highest BCUT2D eigenvalue weighted by molar-refractivity contribution is 5.92. The molecule has 2 rings (SSSR count). The second-order valence-corrected chi connectivity index (χ2v) is 8.20. The van der Waals surface area contributed by atoms with Crippen LogP contribution >= 0.6 is 0 Å². The minimum Gasteiger partial charge on any atom is -0.477 e. The number of carboxylic acid groups (broad SMARTS) is 1. The third-order valence-corrected chi connectivity index (χ3v) is 4.46. The number of carboxylic acids is 1. The van der Waals surface area contributed by atoms with Gasteiger partial charge in [0.15, 0.2) is 0 Å². The number of aliphatic hydroxyl groups is 1. The summed E-state index contributed by atoms with van der Waals surface area (Å²) in [5, 5.41) is 22.0. The Bertz CT molecular complexity index is 1060. The Balaban J connectivity index is 1.78. The number of nitrogens with zero attached hydrogens (tertiary/aromatic N) is 1. The van der Waals surface area contributed by atoms with E-state index in [9.17, 15) is 19.8 Å². The summed E-state index contributed by atoms with van der Waals surface area (Å²) in [6.07, 6.45) is 0.322. The SMILES string of the molecule is CCn1cc(C(=O)O)c(=O)c2cc(C#CCOCCOCCNC(O)OC(C)(C)C)ccc21. The number of hydrogen-bond acceptors (Lipinski definition) is 7. The van der Waals surface area contributed by atoms with Crippen molar-refractivity contribution in [2.45, 2.75) is 46.3 Å². The minimum atomic E-state index is -1.25. The maximum Gasteiger partial charge on any atom is 0.341 e. The molecule has 33 heavy (non-hydrogen) atoms. The maximum atomic E-state index is 12.5. The molecule has 1 aromatic carbocycles. The van der Waals surface area contributed by atoms with Gasteiger partial charge in [0.05, 0.1) is 30.9 Å². The van der Waals surface area contributed by atoms with E-state index in [0.717, 1.165) is 0 Å². The lowest BCUT2D eigenvalue weighted by Gasteiger charge is -2.24. The molecule has 0 bridgehead atoms. The van der Waals surface area contributed by atoms with Crippen LogP contribution in [-0.2, 0) is 20.8 Å². The van der Waals surface area contributed by atoms with E-state index in [1.165, 1.54) is 6.20 Å². The van der Waals surface area contributed by atoms with Crippen molar-refractivity contribution in [1.29, 1.82) is 0 Å². The van der Waals surface area contributed by atoms with Gasteiger partial charge in [-0.25, -0.2) is 4.79 Å². The number of fused-ring (bicyclic) bond motifs is 1. The number of carbonyl (C=O) groups is 1. The van der Waals surface area contributed by atoms with Crippen molar-refractivity contribution in [2.24, 2.45) is 0 Å². The summed E-state index contributed by atoms with van der Waals surface area (Å²) in [5.41, 5.74) is 0.0473. The summed E-state index contributed by atoms with van der Waals surface area (Å²) in [5.74, 6) is 4.56. The quantitative estimate of drug-likeness (QED) is 0.264. The second-order valence-electron chi connectivity index (χ2n) is 8.20. The second kappa shape index (κ2) is 12.5. The molecule has 1 unspecified atom stereocenters. The van der Waals surface area contributed by atoms with Gasteiger partial charge in [0.25, 0.3) is 0 Å². The van der Waals surface area contributed by atoms with Crippen molar-refractivity contribution in [1.82, 2.24) is 9.88 Å². The van der Waals surface area contributed by atoms with Crippen molar-refractivity contribution < 1.29 is 29.2 Å². The van der Waals surface area contributed by atoms with Gasteiger partial charge in [-0.3, -0.25) is 10.1 Å². The third-order valence-electron chi connectivity index (χ3n) is 4.46. The van der Waals surface area contributed by atoms with Crippen molar-refractivity contribution in [2.75, 3.05) is 33.0 Å². The van der Waals surface area contributed by atoms with Crippen LogP contribution in [0.4, 0.5) is 0 Å². The minimum absolute atomic E-state index is 0.187. The molecular formula is C24H32N2O7. The van der Waals surface area contributed by atoms with Crippen LogP contribution in [0.1, 0.15) is 43.6 Å². The van der Waals surface area contributed by atoms with Gasteiger partial charge in [-0.05, 0) is 45.9 Å². The molecule has 9 nitrogen and oxygen atoms in total. The molecule has 0 amide bonds. The van der Waals surface area contributed by atoms with E-state index in [1.807, 2.05) is 27.7 Å². The van der Waals surface area contributed by atoms with Gasteiger partial charge >= 0.3 is 5.97 Å². The topological polar surface area (TPSA) is 119 Å². The molecule has 0 radical (unpaired) electrons. The Morgan fingerprint density at radius 3 is 2.61 bits per heavy atom.